The van der Waals surface area contributed by atoms with Crippen LogP contribution in [0.1, 0.15) is 11.1 Å². The van der Waals surface area contributed by atoms with E-state index in [4.69, 9.17) is 0 Å². The van der Waals surface area contributed by atoms with E-state index < -0.39 is 14.9 Å². The second kappa shape index (κ2) is 5.13. The number of hydrogen-bond donors (Lipinski definition) is 1. The second-order valence-electron chi connectivity index (χ2n) is 4.49. The van der Waals surface area contributed by atoms with Crippen molar-refractivity contribution in [3.63, 3.8) is 0 Å². The van der Waals surface area contributed by atoms with Gasteiger partial charge in [-0.15, -0.1) is 5.10 Å². The van der Waals surface area contributed by atoms with Crippen LogP contribution in [0.15, 0.2) is 23.4 Å². The summed E-state index contributed by atoms with van der Waals surface area (Å²) in [6, 6.07) is 2.74. The molecule has 21 heavy (non-hydrogen) atoms. The molecule has 0 bridgehead atoms. The van der Waals surface area contributed by atoms with Crippen LogP contribution < -0.4 is 4.72 Å². The van der Waals surface area contributed by atoms with Crippen molar-refractivity contribution in [2.24, 2.45) is 7.05 Å². The van der Waals surface area contributed by atoms with Crippen LogP contribution in [-0.2, 0) is 17.1 Å². The monoisotopic (exact) mass is 311 g/mol. The van der Waals surface area contributed by atoms with Gasteiger partial charge in [-0.3, -0.25) is 14.8 Å². The number of sulfonamides is 1. The lowest BCUT2D eigenvalue weighted by molar-refractivity contribution is -0.385. The molecule has 112 valence electrons. The third kappa shape index (κ3) is 2.99. The topological polar surface area (TPSA) is 120 Å². The third-order valence-electron chi connectivity index (χ3n) is 2.84. The zero-order chi connectivity index (χ0) is 15.8. The van der Waals surface area contributed by atoms with E-state index in [0.29, 0.717) is 11.1 Å². The maximum Gasteiger partial charge on any atom is 0.282 e. The summed E-state index contributed by atoms with van der Waals surface area (Å²) in [5, 5.41) is 18.0. The molecule has 0 amide bonds. The Morgan fingerprint density at radius 3 is 2.48 bits per heavy atom. The van der Waals surface area contributed by atoms with Crippen molar-refractivity contribution >= 4 is 21.4 Å². The summed E-state index contributed by atoms with van der Waals surface area (Å²) in [4.78, 5) is 11.5. The van der Waals surface area contributed by atoms with Crippen LogP contribution in [0.3, 0.4) is 0 Å². The Morgan fingerprint density at radius 2 is 1.95 bits per heavy atom. The van der Waals surface area contributed by atoms with E-state index in [-0.39, 0.29) is 16.4 Å². The summed E-state index contributed by atoms with van der Waals surface area (Å²) in [6.45, 7) is 3.12. The molecule has 1 aromatic heterocycles. The van der Waals surface area contributed by atoms with E-state index in [1.807, 2.05) is 0 Å². The average molecular weight is 311 g/mol. The smallest absolute Gasteiger partial charge is 0.278 e. The first-order valence-electron chi connectivity index (χ1n) is 5.85. The number of aryl methyl sites for hydroxylation is 3. The first kappa shape index (κ1) is 14.9. The molecule has 2 aromatic rings. The summed E-state index contributed by atoms with van der Waals surface area (Å²) in [5.41, 5.74) is 1.01. The van der Waals surface area contributed by atoms with E-state index in [0.717, 1.165) is 11.0 Å². The fourth-order valence-electron chi connectivity index (χ4n) is 1.75. The molecule has 0 aliphatic rings. The van der Waals surface area contributed by atoms with Gasteiger partial charge in [0.15, 0.2) is 0 Å². The lowest BCUT2D eigenvalue weighted by Crippen LogP contribution is -2.15. The lowest BCUT2D eigenvalue weighted by Gasteiger charge is -2.10. The number of hydrogen-bond acceptors (Lipinski definition) is 6. The largest absolute Gasteiger partial charge is 0.282 e. The van der Waals surface area contributed by atoms with Gasteiger partial charge < -0.3 is 0 Å². The van der Waals surface area contributed by atoms with Crippen LogP contribution in [0.4, 0.5) is 11.4 Å². The lowest BCUT2D eigenvalue weighted by atomic mass is 10.1. The number of aromatic nitrogens is 3. The maximum absolute atomic E-state index is 12.1. The Morgan fingerprint density at radius 1 is 1.29 bits per heavy atom. The number of nitro benzene ring substituents is 1. The van der Waals surface area contributed by atoms with Crippen molar-refractivity contribution in [3.05, 3.63) is 39.6 Å². The molecular formula is C11H13N5O4S. The molecule has 0 unspecified atom stereocenters. The minimum absolute atomic E-state index is 0.0602. The molecule has 0 spiro atoms. The molecule has 1 heterocycles. The van der Waals surface area contributed by atoms with Crippen LogP contribution in [0.5, 0.6) is 0 Å². The molecular weight excluding hydrogens is 298 g/mol. The summed E-state index contributed by atoms with van der Waals surface area (Å²) in [5.74, 6) is 0. The first-order chi connectivity index (χ1) is 9.70. The molecule has 0 aliphatic carbocycles. The van der Waals surface area contributed by atoms with E-state index in [1.54, 1.807) is 6.92 Å². The Balaban J connectivity index is 2.40. The van der Waals surface area contributed by atoms with Gasteiger partial charge in [-0.2, -0.15) is 18.3 Å². The van der Waals surface area contributed by atoms with E-state index in [2.05, 4.69) is 14.9 Å². The van der Waals surface area contributed by atoms with Crippen molar-refractivity contribution in [1.29, 1.82) is 0 Å². The highest BCUT2D eigenvalue weighted by Crippen LogP contribution is 2.27. The number of anilines is 1. The van der Waals surface area contributed by atoms with Gasteiger partial charge in [-0.1, -0.05) is 0 Å². The first-order valence-corrected chi connectivity index (χ1v) is 7.34. The van der Waals surface area contributed by atoms with Gasteiger partial charge in [-0.05, 0) is 25.5 Å². The molecule has 0 fully saturated rings. The fraction of sp³-hybridized carbons (Fsp3) is 0.273. The predicted octanol–water partition coefficient (Wildman–Crippen LogP) is 1.14. The molecule has 0 aliphatic heterocycles. The van der Waals surface area contributed by atoms with Gasteiger partial charge in [0.05, 0.1) is 16.8 Å². The number of rotatable bonds is 4. The highest BCUT2D eigenvalue weighted by molar-refractivity contribution is 7.92. The van der Waals surface area contributed by atoms with Gasteiger partial charge in [0.25, 0.3) is 15.7 Å². The average Bonchev–Trinajstić information content (AvgIpc) is 2.80. The minimum atomic E-state index is -3.88. The summed E-state index contributed by atoms with van der Waals surface area (Å²) >= 11 is 0. The second-order valence-corrected chi connectivity index (χ2v) is 6.12. The van der Waals surface area contributed by atoms with Crippen LogP contribution in [0.2, 0.25) is 0 Å². The van der Waals surface area contributed by atoms with E-state index in [9.17, 15) is 18.5 Å². The van der Waals surface area contributed by atoms with Gasteiger partial charge in [0.2, 0.25) is 5.03 Å². The predicted molar refractivity (Wildman–Crippen MR) is 74.4 cm³/mol. The number of benzene rings is 1. The molecule has 0 radical (unpaired) electrons. The molecule has 1 aromatic carbocycles. The van der Waals surface area contributed by atoms with Crippen LogP contribution in [0, 0.1) is 24.0 Å². The van der Waals surface area contributed by atoms with Crippen molar-refractivity contribution in [3.8, 4) is 0 Å². The number of nitro groups is 1. The summed E-state index contributed by atoms with van der Waals surface area (Å²) < 4.78 is 26.6. The van der Waals surface area contributed by atoms with E-state index >= 15 is 0 Å². The van der Waals surface area contributed by atoms with Gasteiger partial charge in [-0.25, -0.2) is 0 Å². The summed E-state index contributed by atoms with van der Waals surface area (Å²) in [7, 11) is -2.38. The maximum atomic E-state index is 12.1. The minimum Gasteiger partial charge on any atom is -0.278 e. The number of nitrogens with one attached hydrogen (secondary N) is 1. The fourth-order valence-corrected chi connectivity index (χ4v) is 2.78. The molecule has 1 N–H and O–H groups in total. The molecule has 0 saturated heterocycles. The Bertz CT molecular complexity index is 812. The molecule has 0 atom stereocenters. The highest BCUT2D eigenvalue weighted by Gasteiger charge is 2.21. The van der Waals surface area contributed by atoms with Crippen molar-refractivity contribution in [1.82, 2.24) is 15.0 Å². The molecule has 9 nitrogen and oxygen atoms in total. The van der Waals surface area contributed by atoms with Crippen LogP contribution in [0.25, 0.3) is 0 Å². The van der Waals surface area contributed by atoms with Crippen LogP contribution in [-0.4, -0.2) is 28.3 Å². The zero-order valence-electron chi connectivity index (χ0n) is 11.6. The van der Waals surface area contributed by atoms with Crippen molar-refractivity contribution in [2.45, 2.75) is 18.9 Å². The van der Waals surface area contributed by atoms with Crippen molar-refractivity contribution in [2.75, 3.05) is 4.72 Å². The number of nitrogens with zero attached hydrogens (tertiary/aromatic N) is 4. The van der Waals surface area contributed by atoms with E-state index in [1.165, 1.54) is 26.1 Å². The zero-order valence-corrected chi connectivity index (χ0v) is 12.4. The molecule has 2 rings (SSSR count). The van der Waals surface area contributed by atoms with Gasteiger partial charge in [0, 0.05) is 18.7 Å². The molecule has 0 saturated carbocycles. The SMILES string of the molecule is Cc1cc([N+](=O)[O-])c(C)cc1NS(=O)(=O)c1cnn(C)n1. The van der Waals surface area contributed by atoms with Gasteiger partial charge >= 0.3 is 0 Å². The van der Waals surface area contributed by atoms with Crippen LogP contribution >= 0.6 is 0 Å². The van der Waals surface area contributed by atoms with Crippen molar-refractivity contribution < 1.29 is 13.3 Å². The quantitative estimate of drug-likeness (QED) is 0.667. The Kier molecular flexibility index (Phi) is 3.64. The van der Waals surface area contributed by atoms with Gasteiger partial charge in [0.1, 0.15) is 0 Å². The third-order valence-corrected chi connectivity index (χ3v) is 4.06. The Labute approximate surface area is 120 Å². The normalized spacial score (nSPS) is 11.4. The summed E-state index contributed by atoms with van der Waals surface area (Å²) in [6.07, 6.45) is 1.12. The highest BCUT2D eigenvalue weighted by atomic mass is 32.2. The molecule has 10 heteroatoms. The standard InChI is InChI=1S/C11H13N5O4S/c1-7-5-10(16(17)18)8(2)4-9(7)14-21(19,20)11-6-12-15(3)13-11/h4-6,14H,1-3H3. The Hall–Kier alpha value is -2.49.